The third kappa shape index (κ3) is 3.59. The molecule has 27 heavy (non-hydrogen) atoms. The molecule has 7 nitrogen and oxygen atoms in total. The molecule has 0 amide bonds. The van der Waals surface area contributed by atoms with Gasteiger partial charge in [-0.1, -0.05) is 12.1 Å². The van der Waals surface area contributed by atoms with Gasteiger partial charge < -0.3 is 0 Å². The third-order valence-electron chi connectivity index (χ3n) is 3.88. The van der Waals surface area contributed by atoms with Crippen LogP contribution in [0.2, 0.25) is 0 Å². The number of hydrogen-bond donors (Lipinski definition) is 1. The van der Waals surface area contributed by atoms with Crippen LogP contribution >= 0.6 is 11.3 Å². The van der Waals surface area contributed by atoms with Crippen LogP contribution in [0.5, 0.6) is 0 Å². The minimum absolute atomic E-state index is 0.114. The van der Waals surface area contributed by atoms with Crippen LogP contribution in [0.15, 0.2) is 59.1 Å². The number of sulfonamides is 1. The lowest BCUT2D eigenvalue weighted by molar-refractivity contribution is 0.580. The second kappa shape index (κ2) is 7.14. The van der Waals surface area contributed by atoms with Crippen molar-refractivity contribution in [2.75, 3.05) is 6.54 Å². The molecule has 0 spiro atoms. The Bertz CT molecular complexity index is 1190. The van der Waals surface area contributed by atoms with Gasteiger partial charge in [0.05, 0.1) is 11.3 Å². The Morgan fingerprint density at radius 1 is 1.19 bits per heavy atom. The molecular formula is C17H14FN5O2S2. The molecule has 4 aromatic rings. The predicted octanol–water partition coefficient (Wildman–Crippen LogP) is 2.51. The molecule has 0 saturated heterocycles. The highest BCUT2D eigenvalue weighted by molar-refractivity contribution is 7.89. The van der Waals surface area contributed by atoms with Crippen molar-refractivity contribution in [2.24, 2.45) is 0 Å². The van der Waals surface area contributed by atoms with Gasteiger partial charge in [0.25, 0.3) is 0 Å². The lowest BCUT2D eigenvalue weighted by Gasteiger charge is -2.05. The molecule has 0 aliphatic rings. The average Bonchev–Trinajstić information content (AvgIpc) is 3.24. The first-order valence-corrected chi connectivity index (χ1v) is 10.4. The van der Waals surface area contributed by atoms with Crippen LogP contribution < -0.4 is 4.72 Å². The number of nitrogens with zero attached hydrogens (tertiary/aromatic N) is 4. The first-order chi connectivity index (χ1) is 13.0. The van der Waals surface area contributed by atoms with Crippen LogP contribution in [-0.4, -0.2) is 34.5 Å². The second-order valence-electron chi connectivity index (χ2n) is 5.67. The fraction of sp³-hybridized carbons (Fsp3) is 0.118. The zero-order valence-corrected chi connectivity index (χ0v) is 15.5. The van der Waals surface area contributed by atoms with E-state index in [0.29, 0.717) is 22.8 Å². The van der Waals surface area contributed by atoms with Gasteiger partial charge in [-0.15, -0.1) is 16.4 Å². The van der Waals surface area contributed by atoms with Crippen LogP contribution in [0.3, 0.4) is 0 Å². The number of nitrogens with one attached hydrogen (secondary N) is 1. The molecule has 0 fully saturated rings. The number of aromatic nitrogens is 4. The number of hydrogen-bond acceptors (Lipinski definition) is 6. The Labute approximate surface area is 158 Å². The number of benzene rings is 1. The highest BCUT2D eigenvalue weighted by atomic mass is 32.2. The summed E-state index contributed by atoms with van der Waals surface area (Å²) in [6.45, 7) is 0.192. The largest absolute Gasteiger partial charge is 0.263 e. The van der Waals surface area contributed by atoms with Crippen molar-refractivity contribution in [1.29, 1.82) is 0 Å². The monoisotopic (exact) mass is 403 g/mol. The van der Waals surface area contributed by atoms with Gasteiger partial charge in [0.1, 0.15) is 10.7 Å². The Hall–Kier alpha value is -2.69. The van der Waals surface area contributed by atoms with Crippen LogP contribution in [0.25, 0.3) is 16.3 Å². The number of pyridine rings is 1. The predicted molar refractivity (Wildman–Crippen MR) is 99.4 cm³/mol. The van der Waals surface area contributed by atoms with Gasteiger partial charge in [-0.25, -0.2) is 22.0 Å². The summed E-state index contributed by atoms with van der Waals surface area (Å²) in [6, 6.07) is 9.36. The maximum absolute atomic E-state index is 13.9. The molecule has 0 radical (unpaired) electrons. The minimum Gasteiger partial charge on any atom is -0.263 e. The standard InChI is InChI=1S/C17H14FN5O2S2/c18-15-6-2-1-5-14(15)16-21-17-23(22-16)12(11-26-17)7-9-20-27(24,25)13-4-3-8-19-10-13/h1-6,8,10-11,20H,7,9H2. The molecule has 10 heteroatoms. The highest BCUT2D eigenvalue weighted by Crippen LogP contribution is 2.23. The first-order valence-electron chi connectivity index (χ1n) is 8.02. The second-order valence-corrected chi connectivity index (χ2v) is 8.28. The number of fused-ring (bicyclic) bond motifs is 1. The van der Waals surface area contributed by atoms with E-state index in [4.69, 9.17) is 0 Å². The van der Waals surface area contributed by atoms with Crippen LogP contribution in [0.4, 0.5) is 4.39 Å². The quantitative estimate of drug-likeness (QED) is 0.534. The molecular weight excluding hydrogens is 389 g/mol. The van der Waals surface area contributed by atoms with E-state index in [-0.39, 0.29) is 17.3 Å². The summed E-state index contributed by atoms with van der Waals surface area (Å²) in [5, 5.41) is 6.23. The Morgan fingerprint density at radius 2 is 2.04 bits per heavy atom. The zero-order valence-electron chi connectivity index (χ0n) is 13.9. The van der Waals surface area contributed by atoms with Gasteiger partial charge in [-0.3, -0.25) is 4.98 Å². The van der Waals surface area contributed by atoms with Gasteiger partial charge in [-0.2, -0.15) is 4.98 Å². The van der Waals surface area contributed by atoms with E-state index in [1.54, 1.807) is 28.8 Å². The highest BCUT2D eigenvalue weighted by Gasteiger charge is 2.16. The number of thiazole rings is 1. The average molecular weight is 403 g/mol. The van der Waals surface area contributed by atoms with E-state index in [0.717, 1.165) is 5.69 Å². The fourth-order valence-electron chi connectivity index (χ4n) is 2.56. The summed E-state index contributed by atoms with van der Waals surface area (Å²) in [4.78, 5) is 8.91. The van der Waals surface area contributed by atoms with Crippen molar-refractivity contribution in [2.45, 2.75) is 11.3 Å². The molecule has 3 aromatic heterocycles. The van der Waals surface area contributed by atoms with E-state index < -0.39 is 10.0 Å². The van der Waals surface area contributed by atoms with E-state index in [1.807, 2.05) is 5.38 Å². The van der Waals surface area contributed by atoms with Gasteiger partial charge in [0.2, 0.25) is 15.0 Å². The molecule has 0 unspecified atom stereocenters. The van der Waals surface area contributed by atoms with Gasteiger partial charge in [-0.05, 0) is 24.3 Å². The summed E-state index contributed by atoms with van der Waals surface area (Å²) in [7, 11) is -3.61. The van der Waals surface area contributed by atoms with Crippen LogP contribution in [0.1, 0.15) is 5.69 Å². The third-order valence-corrected chi connectivity index (χ3v) is 6.19. The molecule has 1 aromatic carbocycles. The van der Waals surface area contributed by atoms with E-state index >= 15 is 0 Å². The summed E-state index contributed by atoms with van der Waals surface area (Å²) in [6.07, 6.45) is 3.22. The molecule has 4 rings (SSSR count). The summed E-state index contributed by atoms with van der Waals surface area (Å²) in [5.74, 6) is -0.0846. The van der Waals surface area contributed by atoms with Gasteiger partial charge in [0.15, 0.2) is 5.82 Å². The summed E-state index contributed by atoms with van der Waals surface area (Å²) in [5.41, 5.74) is 1.12. The molecule has 0 atom stereocenters. The maximum atomic E-state index is 13.9. The number of halogens is 1. The lowest BCUT2D eigenvalue weighted by Crippen LogP contribution is -2.26. The molecule has 1 N–H and O–H groups in total. The Balaban J connectivity index is 1.51. The maximum Gasteiger partial charge on any atom is 0.242 e. The summed E-state index contributed by atoms with van der Waals surface area (Å²) >= 11 is 1.37. The van der Waals surface area contributed by atoms with Gasteiger partial charge >= 0.3 is 0 Å². The van der Waals surface area contributed by atoms with Crippen molar-refractivity contribution in [1.82, 2.24) is 24.3 Å². The number of rotatable bonds is 6. The molecule has 3 heterocycles. The molecule has 0 saturated carbocycles. The molecule has 138 valence electrons. The zero-order chi connectivity index (χ0) is 18.9. The Kier molecular flexibility index (Phi) is 4.68. The van der Waals surface area contributed by atoms with Crippen molar-refractivity contribution < 1.29 is 12.8 Å². The first kappa shape index (κ1) is 17.7. The smallest absolute Gasteiger partial charge is 0.242 e. The summed E-state index contributed by atoms with van der Waals surface area (Å²) < 4.78 is 42.5. The molecule has 0 aliphatic heterocycles. The Morgan fingerprint density at radius 3 is 2.81 bits per heavy atom. The molecule has 0 aliphatic carbocycles. The lowest BCUT2D eigenvalue weighted by atomic mass is 10.2. The van der Waals surface area contributed by atoms with Crippen LogP contribution in [-0.2, 0) is 16.4 Å². The van der Waals surface area contributed by atoms with Crippen molar-refractivity contribution in [3.8, 4) is 11.4 Å². The van der Waals surface area contributed by atoms with Gasteiger partial charge in [0, 0.05) is 30.7 Å². The van der Waals surface area contributed by atoms with Crippen LogP contribution in [0, 0.1) is 5.82 Å². The van der Waals surface area contributed by atoms with E-state index in [2.05, 4.69) is 19.8 Å². The normalized spacial score (nSPS) is 11.9. The minimum atomic E-state index is -3.61. The van der Waals surface area contributed by atoms with Crippen molar-refractivity contribution in [3.05, 3.63) is 65.7 Å². The van der Waals surface area contributed by atoms with Crippen molar-refractivity contribution >= 4 is 26.3 Å². The molecule has 0 bridgehead atoms. The fourth-order valence-corrected chi connectivity index (χ4v) is 4.41. The topological polar surface area (TPSA) is 89.2 Å². The van der Waals surface area contributed by atoms with E-state index in [9.17, 15) is 12.8 Å². The SMILES string of the molecule is O=S(=O)(NCCc1csc2nc(-c3ccccc3F)nn12)c1cccnc1. The van der Waals surface area contributed by atoms with E-state index in [1.165, 1.54) is 35.9 Å². The van der Waals surface area contributed by atoms with Crippen molar-refractivity contribution in [3.63, 3.8) is 0 Å².